The fourth-order valence-electron chi connectivity index (χ4n) is 3.18. The summed E-state index contributed by atoms with van der Waals surface area (Å²) in [6.07, 6.45) is 0. The Morgan fingerprint density at radius 3 is 2.68 bits per heavy atom. The molecule has 1 unspecified atom stereocenters. The maximum Gasteiger partial charge on any atom is 0.387 e. The minimum Gasteiger partial charge on any atom is -0.434 e. The molecule has 1 aliphatic rings. The molecular weight excluding hydrogens is 430 g/mol. The van der Waals surface area contributed by atoms with Crippen LogP contribution in [-0.4, -0.2) is 34.5 Å². The molecule has 8 nitrogen and oxygen atoms in total. The van der Waals surface area contributed by atoms with Crippen LogP contribution in [0.15, 0.2) is 59.8 Å². The van der Waals surface area contributed by atoms with Gasteiger partial charge < -0.3 is 20.3 Å². The second kappa shape index (κ2) is 9.04. The zero-order chi connectivity index (χ0) is 22.7. The summed E-state index contributed by atoms with van der Waals surface area (Å²) < 4.78 is 30.4. The van der Waals surface area contributed by atoms with E-state index in [0.717, 1.165) is 0 Å². The fraction of sp³-hybridized carbons (Fsp3) is 0.200. The number of thiocarbonyl (C=S) groups is 1. The third-order valence-corrected chi connectivity index (χ3v) is 5.15. The molecule has 1 amide bonds. The minimum absolute atomic E-state index is 0.101. The average molecular weight is 448 g/mol. The summed E-state index contributed by atoms with van der Waals surface area (Å²) >= 11 is 5.31. The summed E-state index contributed by atoms with van der Waals surface area (Å²) in [5, 5.41) is 16.9. The molecule has 31 heavy (non-hydrogen) atoms. The number of halogens is 2. The Kier molecular flexibility index (Phi) is 6.44. The SMILES string of the molecule is CC1=C(C(=O)Nc2cccc([N+](=O)[O-])c2)C(c2ccccc2OC(F)F)NC(=S)N1C. The molecule has 0 aromatic heterocycles. The van der Waals surface area contributed by atoms with Crippen molar-refractivity contribution in [3.63, 3.8) is 0 Å². The lowest BCUT2D eigenvalue weighted by atomic mass is 9.93. The molecule has 2 N–H and O–H groups in total. The number of nitro groups is 1. The largest absolute Gasteiger partial charge is 0.434 e. The first-order valence-corrected chi connectivity index (χ1v) is 9.44. The van der Waals surface area contributed by atoms with Gasteiger partial charge in [-0.25, -0.2) is 0 Å². The number of nitrogens with zero attached hydrogens (tertiary/aromatic N) is 2. The number of hydrogen-bond donors (Lipinski definition) is 2. The zero-order valence-electron chi connectivity index (χ0n) is 16.5. The highest BCUT2D eigenvalue weighted by Crippen LogP contribution is 2.36. The maximum atomic E-state index is 13.2. The number of carbonyl (C=O) groups excluding carboxylic acids is 1. The van der Waals surface area contributed by atoms with Gasteiger partial charge >= 0.3 is 6.61 Å². The number of benzene rings is 2. The first-order valence-electron chi connectivity index (χ1n) is 9.03. The van der Waals surface area contributed by atoms with Crippen molar-refractivity contribution in [3.8, 4) is 5.75 Å². The van der Waals surface area contributed by atoms with E-state index in [4.69, 9.17) is 12.2 Å². The van der Waals surface area contributed by atoms with Gasteiger partial charge in [0.15, 0.2) is 5.11 Å². The number of amides is 1. The lowest BCUT2D eigenvalue weighted by Gasteiger charge is -2.36. The standard InChI is InChI=1S/C20H18F2N4O4S/c1-11-16(18(27)23-12-6-5-7-13(10-12)26(28)29)17(24-20(31)25(11)2)14-8-3-4-9-15(14)30-19(21)22/h3-10,17,19H,1-2H3,(H,23,27)(H,24,31). The summed E-state index contributed by atoms with van der Waals surface area (Å²) in [5.41, 5.74) is 1.01. The van der Waals surface area contributed by atoms with E-state index in [1.807, 2.05) is 0 Å². The minimum atomic E-state index is -3.05. The van der Waals surface area contributed by atoms with Crippen LogP contribution in [0.1, 0.15) is 18.5 Å². The molecule has 1 aliphatic heterocycles. The Morgan fingerprint density at radius 1 is 1.29 bits per heavy atom. The number of anilines is 1. The molecule has 2 aromatic rings. The molecule has 0 spiro atoms. The molecule has 2 aromatic carbocycles. The van der Waals surface area contributed by atoms with Gasteiger partial charge in [0.25, 0.3) is 11.6 Å². The van der Waals surface area contributed by atoms with Crippen molar-refractivity contribution < 1.29 is 23.2 Å². The predicted octanol–water partition coefficient (Wildman–Crippen LogP) is 3.97. The molecule has 0 radical (unpaired) electrons. The molecule has 162 valence electrons. The number of alkyl halides is 2. The first kappa shape index (κ1) is 22.1. The summed E-state index contributed by atoms with van der Waals surface area (Å²) in [4.78, 5) is 25.2. The quantitative estimate of drug-likeness (QED) is 0.392. The topological polar surface area (TPSA) is 96.7 Å². The van der Waals surface area contributed by atoms with Crippen molar-refractivity contribution in [1.29, 1.82) is 0 Å². The van der Waals surface area contributed by atoms with E-state index in [-0.39, 0.29) is 22.7 Å². The number of nitro benzene ring substituents is 1. The van der Waals surface area contributed by atoms with Crippen LogP contribution in [0.5, 0.6) is 5.75 Å². The van der Waals surface area contributed by atoms with Crippen LogP contribution < -0.4 is 15.4 Å². The first-order chi connectivity index (χ1) is 14.7. The van der Waals surface area contributed by atoms with E-state index in [1.165, 1.54) is 36.4 Å². The van der Waals surface area contributed by atoms with Crippen molar-refractivity contribution in [1.82, 2.24) is 10.2 Å². The number of allylic oxidation sites excluding steroid dienone is 1. The van der Waals surface area contributed by atoms with E-state index >= 15 is 0 Å². The highest BCUT2D eigenvalue weighted by atomic mass is 32.1. The molecule has 0 saturated heterocycles. The van der Waals surface area contributed by atoms with Gasteiger partial charge in [0.05, 0.1) is 16.5 Å². The van der Waals surface area contributed by atoms with Crippen LogP contribution in [0.3, 0.4) is 0 Å². The van der Waals surface area contributed by atoms with Gasteiger partial charge in [-0.1, -0.05) is 24.3 Å². The van der Waals surface area contributed by atoms with Crippen molar-refractivity contribution >= 4 is 34.6 Å². The van der Waals surface area contributed by atoms with E-state index in [0.29, 0.717) is 16.4 Å². The third-order valence-electron chi connectivity index (χ3n) is 4.76. The van der Waals surface area contributed by atoms with Crippen LogP contribution >= 0.6 is 12.2 Å². The van der Waals surface area contributed by atoms with Gasteiger partial charge in [-0.05, 0) is 31.3 Å². The number of ether oxygens (including phenoxy) is 1. The summed E-state index contributed by atoms with van der Waals surface area (Å²) in [5.74, 6) is -0.674. The number of nitrogens with one attached hydrogen (secondary N) is 2. The van der Waals surface area contributed by atoms with Gasteiger partial charge in [0.1, 0.15) is 5.75 Å². The lowest BCUT2D eigenvalue weighted by molar-refractivity contribution is -0.384. The Morgan fingerprint density at radius 2 is 2.00 bits per heavy atom. The van der Waals surface area contributed by atoms with E-state index in [9.17, 15) is 23.7 Å². The predicted molar refractivity (Wildman–Crippen MR) is 114 cm³/mol. The molecule has 0 aliphatic carbocycles. The van der Waals surface area contributed by atoms with Gasteiger partial charge in [-0.3, -0.25) is 14.9 Å². The highest BCUT2D eigenvalue weighted by molar-refractivity contribution is 7.80. The van der Waals surface area contributed by atoms with Crippen molar-refractivity contribution in [3.05, 3.63) is 75.5 Å². The molecule has 0 bridgehead atoms. The van der Waals surface area contributed by atoms with E-state index < -0.39 is 23.5 Å². The Hall–Kier alpha value is -3.60. The molecular formula is C20H18F2N4O4S. The molecule has 1 heterocycles. The second-order valence-corrected chi connectivity index (χ2v) is 7.01. The number of carbonyl (C=O) groups is 1. The van der Waals surface area contributed by atoms with Gasteiger partial charge in [-0.15, -0.1) is 0 Å². The maximum absolute atomic E-state index is 13.2. The van der Waals surface area contributed by atoms with Crippen LogP contribution in [0.2, 0.25) is 0 Å². The van der Waals surface area contributed by atoms with Crippen LogP contribution in [-0.2, 0) is 4.79 Å². The van der Waals surface area contributed by atoms with Gasteiger partial charge in [-0.2, -0.15) is 8.78 Å². The van der Waals surface area contributed by atoms with E-state index in [1.54, 1.807) is 31.0 Å². The monoisotopic (exact) mass is 448 g/mol. The zero-order valence-corrected chi connectivity index (χ0v) is 17.3. The van der Waals surface area contributed by atoms with Crippen LogP contribution in [0, 0.1) is 10.1 Å². The molecule has 3 rings (SSSR count). The summed E-state index contributed by atoms with van der Waals surface area (Å²) in [7, 11) is 1.66. The Bertz CT molecular complexity index is 1080. The van der Waals surface area contributed by atoms with Crippen molar-refractivity contribution in [2.24, 2.45) is 0 Å². The molecule has 0 fully saturated rings. The number of rotatable bonds is 6. The number of hydrogen-bond acceptors (Lipinski definition) is 5. The van der Waals surface area contributed by atoms with Crippen molar-refractivity contribution in [2.45, 2.75) is 19.6 Å². The highest BCUT2D eigenvalue weighted by Gasteiger charge is 2.34. The van der Waals surface area contributed by atoms with Gasteiger partial charge in [0.2, 0.25) is 0 Å². The van der Waals surface area contributed by atoms with Gasteiger partial charge in [0, 0.05) is 36.1 Å². The summed E-state index contributed by atoms with van der Waals surface area (Å²) in [6, 6.07) is 10.7. The average Bonchev–Trinajstić information content (AvgIpc) is 2.71. The lowest BCUT2D eigenvalue weighted by Crippen LogP contribution is -2.46. The van der Waals surface area contributed by atoms with Crippen LogP contribution in [0.4, 0.5) is 20.2 Å². The Labute approximate surface area is 181 Å². The Balaban J connectivity index is 2.03. The van der Waals surface area contributed by atoms with E-state index in [2.05, 4.69) is 15.4 Å². The van der Waals surface area contributed by atoms with Crippen molar-refractivity contribution in [2.75, 3.05) is 12.4 Å². The normalized spacial score (nSPS) is 16.2. The number of para-hydroxylation sites is 1. The smallest absolute Gasteiger partial charge is 0.387 e. The van der Waals surface area contributed by atoms with Crippen LogP contribution in [0.25, 0.3) is 0 Å². The summed E-state index contributed by atoms with van der Waals surface area (Å²) in [6.45, 7) is -1.38. The fourth-order valence-corrected chi connectivity index (χ4v) is 3.44. The molecule has 1 atom stereocenters. The third kappa shape index (κ3) is 4.77. The number of non-ortho nitro benzene ring substituents is 1. The second-order valence-electron chi connectivity index (χ2n) is 6.62. The molecule has 11 heteroatoms. The molecule has 0 saturated carbocycles.